The predicted molar refractivity (Wildman–Crippen MR) is 106 cm³/mol. The zero-order chi connectivity index (χ0) is 23.2. The lowest BCUT2D eigenvalue weighted by Gasteiger charge is -2.31. The molecule has 0 aromatic rings. The van der Waals surface area contributed by atoms with Gasteiger partial charge in [-0.05, 0) is 26.1 Å². The van der Waals surface area contributed by atoms with Crippen LogP contribution < -0.4 is 16.2 Å². The Kier molecular flexibility index (Phi) is 6.39. The van der Waals surface area contributed by atoms with Gasteiger partial charge in [0.15, 0.2) is 5.41 Å². The third-order valence-corrected chi connectivity index (χ3v) is 7.74. The Morgan fingerprint density at radius 3 is 2.52 bits per heavy atom. The second kappa shape index (κ2) is 8.29. The summed E-state index contributed by atoms with van der Waals surface area (Å²) in [4.78, 5) is 35.0. The van der Waals surface area contributed by atoms with Gasteiger partial charge >= 0.3 is 25.0 Å². The highest BCUT2D eigenvalue weighted by Crippen LogP contribution is 2.33. The van der Waals surface area contributed by atoms with Crippen molar-refractivity contribution in [2.45, 2.75) is 50.1 Å². The van der Waals surface area contributed by atoms with Crippen molar-refractivity contribution in [1.29, 1.82) is 0 Å². The molecule has 1 unspecified atom stereocenters. The van der Waals surface area contributed by atoms with Crippen LogP contribution in [-0.2, 0) is 33.9 Å². The zero-order valence-corrected chi connectivity index (χ0v) is 17.8. The molecule has 0 amide bonds. The summed E-state index contributed by atoms with van der Waals surface area (Å²) in [6.45, 7) is 0.407. The molecule has 7 N–H and O–H groups in total. The number of nitrogens with one attached hydrogen (secondary N) is 1. The summed E-state index contributed by atoms with van der Waals surface area (Å²) in [5.41, 5.74) is 8.17. The van der Waals surface area contributed by atoms with Crippen molar-refractivity contribution in [1.82, 2.24) is 9.03 Å². The number of hydrogen-bond acceptors (Lipinski definition) is 9. The number of aliphatic carboxylic acids is 2. The summed E-state index contributed by atoms with van der Waals surface area (Å²) in [5.74, 6) is -4.25. The second-order valence-corrected chi connectivity index (χ2v) is 10.4. The Bertz CT molecular complexity index is 873. The Labute approximate surface area is 179 Å². The van der Waals surface area contributed by atoms with E-state index in [4.69, 9.17) is 25.9 Å². The molecule has 1 saturated carbocycles. The van der Waals surface area contributed by atoms with E-state index in [9.17, 15) is 27.9 Å². The molecule has 3 aliphatic rings. The van der Waals surface area contributed by atoms with Crippen molar-refractivity contribution in [3.63, 3.8) is 0 Å². The lowest BCUT2D eigenvalue weighted by Crippen LogP contribution is -2.55. The fraction of sp³-hybridized carbons (Fsp3) is 0.812. The van der Waals surface area contributed by atoms with Crippen LogP contribution in [0.1, 0.15) is 26.2 Å². The van der Waals surface area contributed by atoms with Crippen molar-refractivity contribution >= 4 is 35.2 Å². The van der Waals surface area contributed by atoms with Crippen molar-refractivity contribution in [2.75, 3.05) is 19.7 Å². The summed E-state index contributed by atoms with van der Waals surface area (Å²) in [5, 5.41) is 18.7. The lowest BCUT2D eigenvalue weighted by atomic mass is 9.75. The molecule has 2 saturated heterocycles. The molecule has 3 rings (SSSR count). The SMILES string of the molecule is CC1(C(=O)O)COB(CCC[C@H]2CN(S(=O)(=O)N[C@H]3C[C@@H]3N)C[C@@]2(N)C(=O)O)OC1=O. The maximum absolute atomic E-state index is 12.5. The standard InChI is InChI=1S/C16H27BN4O9S/c1-15(12(22)23)8-29-17(30-14(15)26)4-2-3-9-6-21(7-16(9,19)13(24)25)31(27,28)20-11-5-10(11)18/h9-11,20H,2-8,18-19H2,1H3,(H,22,23)(H,24,25)/t9-,10-,11-,15?,16-/m0/s1. The van der Waals surface area contributed by atoms with Gasteiger partial charge in [0, 0.05) is 31.1 Å². The van der Waals surface area contributed by atoms with Gasteiger partial charge in [-0.1, -0.05) is 6.42 Å². The summed E-state index contributed by atoms with van der Waals surface area (Å²) < 4.78 is 38.9. The van der Waals surface area contributed by atoms with E-state index in [0.717, 1.165) is 4.31 Å². The molecular weight excluding hydrogens is 435 g/mol. The summed E-state index contributed by atoms with van der Waals surface area (Å²) in [7, 11) is -4.89. The molecule has 2 aliphatic heterocycles. The van der Waals surface area contributed by atoms with Gasteiger partial charge in [0.25, 0.3) is 10.2 Å². The van der Waals surface area contributed by atoms with Crippen LogP contribution in [0.5, 0.6) is 0 Å². The number of nitrogens with two attached hydrogens (primary N) is 2. The van der Waals surface area contributed by atoms with Crippen LogP contribution in [0.25, 0.3) is 0 Å². The van der Waals surface area contributed by atoms with E-state index in [1.54, 1.807) is 0 Å². The number of rotatable bonds is 9. The first kappa shape index (κ1) is 23.9. The maximum atomic E-state index is 12.5. The molecule has 0 aromatic carbocycles. The summed E-state index contributed by atoms with van der Waals surface area (Å²) in [6.07, 6.45) is 1.28. The minimum Gasteiger partial charge on any atom is -0.509 e. The first-order valence-electron chi connectivity index (χ1n) is 9.91. The molecule has 0 radical (unpaired) electrons. The first-order valence-corrected chi connectivity index (χ1v) is 11.3. The van der Waals surface area contributed by atoms with Gasteiger partial charge in [0.2, 0.25) is 0 Å². The molecule has 3 fully saturated rings. The third-order valence-electron chi connectivity index (χ3n) is 6.18. The number of carboxylic acids is 2. The number of nitrogens with zero attached hydrogens (tertiary/aromatic N) is 1. The van der Waals surface area contributed by atoms with E-state index in [-0.39, 0.29) is 44.5 Å². The second-order valence-electron chi connectivity index (χ2n) is 8.68. The number of carboxylic acid groups (broad SMARTS) is 2. The molecule has 0 aromatic heterocycles. The van der Waals surface area contributed by atoms with Crippen LogP contribution in [0.15, 0.2) is 0 Å². The van der Waals surface area contributed by atoms with Gasteiger partial charge in [-0.25, -0.2) is 0 Å². The molecule has 13 nitrogen and oxygen atoms in total. The van der Waals surface area contributed by atoms with E-state index < -0.39 is 52.1 Å². The Hall–Kier alpha value is -1.78. The number of carbonyl (C=O) groups excluding carboxylic acids is 1. The van der Waals surface area contributed by atoms with E-state index in [0.29, 0.717) is 12.8 Å². The van der Waals surface area contributed by atoms with E-state index >= 15 is 0 Å². The topological polar surface area (TPSA) is 212 Å². The van der Waals surface area contributed by atoms with Crippen LogP contribution in [0, 0.1) is 11.3 Å². The van der Waals surface area contributed by atoms with Gasteiger partial charge in [-0.15, -0.1) is 0 Å². The third kappa shape index (κ3) is 4.71. The average molecular weight is 462 g/mol. The maximum Gasteiger partial charge on any atom is 0.527 e. The van der Waals surface area contributed by atoms with Crippen molar-refractivity contribution < 1.29 is 42.3 Å². The molecule has 0 spiro atoms. The van der Waals surface area contributed by atoms with E-state index in [1.807, 2.05) is 0 Å². The largest absolute Gasteiger partial charge is 0.527 e. The Balaban J connectivity index is 1.57. The van der Waals surface area contributed by atoms with Gasteiger partial charge < -0.3 is 31.0 Å². The minimum atomic E-state index is -3.93. The monoisotopic (exact) mass is 462 g/mol. The molecule has 5 atom stereocenters. The van der Waals surface area contributed by atoms with Gasteiger partial charge in [-0.3, -0.25) is 14.4 Å². The molecule has 1 aliphatic carbocycles. The molecule has 2 heterocycles. The van der Waals surface area contributed by atoms with Gasteiger partial charge in [0.05, 0.1) is 6.61 Å². The van der Waals surface area contributed by atoms with Crippen molar-refractivity contribution in [3.8, 4) is 0 Å². The van der Waals surface area contributed by atoms with E-state index in [1.165, 1.54) is 6.92 Å². The highest BCUT2D eigenvalue weighted by molar-refractivity contribution is 7.87. The van der Waals surface area contributed by atoms with Crippen molar-refractivity contribution in [3.05, 3.63) is 0 Å². The number of hydrogen-bond donors (Lipinski definition) is 5. The fourth-order valence-electron chi connectivity index (χ4n) is 3.71. The summed E-state index contributed by atoms with van der Waals surface area (Å²) >= 11 is 0. The first-order chi connectivity index (χ1) is 14.3. The van der Waals surface area contributed by atoms with Crippen LogP contribution in [0.3, 0.4) is 0 Å². The highest BCUT2D eigenvalue weighted by Gasteiger charge is 2.54. The normalized spacial score (nSPS) is 36.3. The summed E-state index contributed by atoms with van der Waals surface area (Å²) in [6, 6.07) is -0.618. The number of carbonyl (C=O) groups is 3. The fourth-order valence-corrected chi connectivity index (χ4v) is 5.27. The highest BCUT2D eigenvalue weighted by atomic mass is 32.2. The Morgan fingerprint density at radius 1 is 1.35 bits per heavy atom. The zero-order valence-electron chi connectivity index (χ0n) is 17.0. The quantitative estimate of drug-likeness (QED) is 0.179. The minimum absolute atomic E-state index is 0.0809. The average Bonchev–Trinajstić information content (AvgIpc) is 3.22. The molecule has 0 bridgehead atoms. The molecular formula is C16H27BN4O9S. The Morgan fingerprint density at radius 2 is 2.00 bits per heavy atom. The molecule has 174 valence electrons. The van der Waals surface area contributed by atoms with Crippen LogP contribution >= 0.6 is 0 Å². The molecule has 31 heavy (non-hydrogen) atoms. The predicted octanol–water partition coefficient (Wildman–Crippen LogP) is -2.43. The van der Waals surface area contributed by atoms with Crippen LogP contribution in [-0.4, -0.2) is 85.3 Å². The van der Waals surface area contributed by atoms with Crippen molar-refractivity contribution in [2.24, 2.45) is 22.8 Å². The van der Waals surface area contributed by atoms with Gasteiger partial charge in [0.1, 0.15) is 5.54 Å². The lowest BCUT2D eigenvalue weighted by molar-refractivity contribution is -0.169. The molecule has 15 heteroatoms. The van der Waals surface area contributed by atoms with E-state index in [2.05, 4.69) is 4.72 Å². The van der Waals surface area contributed by atoms with Gasteiger partial charge in [-0.2, -0.15) is 17.4 Å². The van der Waals surface area contributed by atoms with Crippen LogP contribution in [0.2, 0.25) is 6.32 Å². The smallest absolute Gasteiger partial charge is 0.509 e. The van der Waals surface area contributed by atoms with Crippen LogP contribution in [0.4, 0.5) is 0 Å².